The normalized spacial score (nSPS) is 23.4. The van der Waals surface area contributed by atoms with E-state index >= 15 is 0 Å². The quantitative estimate of drug-likeness (QED) is 0.774. The van der Waals surface area contributed by atoms with E-state index in [-0.39, 0.29) is 6.17 Å². The lowest BCUT2D eigenvalue weighted by atomic mass is 10.0. The van der Waals surface area contributed by atoms with E-state index in [2.05, 4.69) is 72.9 Å². The molecule has 0 saturated heterocycles. The maximum atomic E-state index is 3.43. The summed E-state index contributed by atoms with van der Waals surface area (Å²) in [5, 5.41) is 3.43. The van der Waals surface area contributed by atoms with Crippen molar-refractivity contribution in [3.05, 3.63) is 71.7 Å². The van der Waals surface area contributed by atoms with Crippen LogP contribution in [0.1, 0.15) is 26.7 Å². The van der Waals surface area contributed by atoms with Crippen LogP contribution < -0.4 is 5.32 Å². The first-order valence-corrected chi connectivity index (χ1v) is 7.25. The minimum Gasteiger partial charge on any atom is -0.366 e. The van der Waals surface area contributed by atoms with Crippen LogP contribution >= 0.6 is 0 Å². The molecule has 1 aliphatic carbocycles. The number of allylic oxidation sites excluding steroid dienone is 9. The largest absolute Gasteiger partial charge is 0.366 e. The Morgan fingerprint density at radius 1 is 1.45 bits per heavy atom. The molecule has 0 amide bonds. The molecule has 1 unspecified atom stereocenters. The summed E-state index contributed by atoms with van der Waals surface area (Å²) in [4.78, 5) is 2.30. The van der Waals surface area contributed by atoms with Gasteiger partial charge in [-0.05, 0) is 38.3 Å². The van der Waals surface area contributed by atoms with Crippen LogP contribution in [0.25, 0.3) is 0 Å². The number of hydrogen-bond donors (Lipinski definition) is 1. The first-order valence-electron chi connectivity index (χ1n) is 7.25. The molecule has 1 heterocycles. The second kappa shape index (κ2) is 6.99. The Bertz CT molecular complexity index is 516. The molecule has 2 aliphatic rings. The zero-order chi connectivity index (χ0) is 14.4. The number of hydrogen-bond acceptors (Lipinski definition) is 2. The van der Waals surface area contributed by atoms with Gasteiger partial charge in [0.15, 0.2) is 0 Å². The fourth-order valence-corrected chi connectivity index (χ4v) is 2.39. The van der Waals surface area contributed by atoms with Crippen molar-refractivity contribution in [1.29, 1.82) is 0 Å². The van der Waals surface area contributed by atoms with Crippen molar-refractivity contribution in [3.8, 4) is 0 Å². The van der Waals surface area contributed by atoms with E-state index < -0.39 is 0 Å². The highest BCUT2D eigenvalue weighted by atomic mass is 15.3. The van der Waals surface area contributed by atoms with Crippen LogP contribution in [0.4, 0.5) is 0 Å². The maximum Gasteiger partial charge on any atom is 0.118 e. The summed E-state index contributed by atoms with van der Waals surface area (Å²) >= 11 is 0. The highest BCUT2D eigenvalue weighted by Gasteiger charge is 2.22. The number of likely N-dealkylation sites (N-methyl/N-ethyl adjacent to an activating group) is 1. The minimum atomic E-state index is 0.241. The van der Waals surface area contributed by atoms with E-state index in [9.17, 15) is 0 Å². The molecule has 0 spiro atoms. The summed E-state index contributed by atoms with van der Waals surface area (Å²) in [5.41, 5.74) is 3.98. The Balaban J connectivity index is 1.99. The van der Waals surface area contributed by atoms with Crippen molar-refractivity contribution in [3.63, 3.8) is 0 Å². The molecule has 1 atom stereocenters. The van der Waals surface area contributed by atoms with Crippen molar-refractivity contribution in [2.24, 2.45) is 0 Å². The van der Waals surface area contributed by atoms with Crippen LogP contribution in [-0.2, 0) is 0 Å². The predicted molar refractivity (Wildman–Crippen MR) is 86.9 cm³/mol. The lowest BCUT2D eigenvalue weighted by Gasteiger charge is -2.24. The highest BCUT2D eigenvalue weighted by molar-refractivity contribution is 5.38. The molecule has 0 saturated carbocycles. The zero-order valence-corrected chi connectivity index (χ0v) is 12.6. The van der Waals surface area contributed by atoms with Crippen molar-refractivity contribution in [1.82, 2.24) is 10.2 Å². The summed E-state index contributed by atoms with van der Waals surface area (Å²) in [7, 11) is 2.14. The van der Waals surface area contributed by atoms with E-state index in [1.54, 1.807) is 0 Å². The summed E-state index contributed by atoms with van der Waals surface area (Å²) in [6, 6.07) is 0. The average molecular weight is 268 g/mol. The number of nitrogens with one attached hydrogen (secondary N) is 1. The van der Waals surface area contributed by atoms with E-state index in [0.717, 1.165) is 12.8 Å². The topological polar surface area (TPSA) is 15.3 Å². The molecule has 2 nitrogen and oxygen atoms in total. The minimum absolute atomic E-state index is 0.241. The molecule has 0 bridgehead atoms. The fraction of sp³-hybridized carbons (Fsp3) is 0.333. The molecule has 0 radical (unpaired) electrons. The molecule has 0 fully saturated rings. The van der Waals surface area contributed by atoms with Gasteiger partial charge in [-0.1, -0.05) is 48.1 Å². The lowest BCUT2D eigenvalue weighted by Crippen LogP contribution is -2.32. The summed E-state index contributed by atoms with van der Waals surface area (Å²) in [5.74, 6) is 0. The third-order valence-electron chi connectivity index (χ3n) is 3.62. The van der Waals surface area contributed by atoms with Crippen molar-refractivity contribution in [2.45, 2.75) is 32.9 Å². The van der Waals surface area contributed by atoms with E-state index in [1.807, 2.05) is 13.0 Å². The Labute approximate surface area is 122 Å². The van der Waals surface area contributed by atoms with Crippen LogP contribution in [0.15, 0.2) is 71.7 Å². The van der Waals surface area contributed by atoms with Gasteiger partial charge in [0.25, 0.3) is 0 Å². The SMILES string of the molecule is C\C=C/C=C(C)/C=C/C1NC=C(C2=CC=CCC2)N1C. The molecular weight excluding hydrogens is 244 g/mol. The van der Waals surface area contributed by atoms with E-state index in [4.69, 9.17) is 0 Å². The van der Waals surface area contributed by atoms with Gasteiger partial charge in [-0.2, -0.15) is 0 Å². The number of rotatable bonds is 4. The van der Waals surface area contributed by atoms with Gasteiger partial charge >= 0.3 is 0 Å². The van der Waals surface area contributed by atoms with Crippen molar-refractivity contribution in [2.75, 3.05) is 7.05 Å². The van der Waals surface area contributed by atoms with Crippen LogP contribution in [0, 0.1) is 0 Å². The second-order valence-corrected chi connectivity index (χ2v) is 5.21. The van der Waals surface area contributed by atoms with E-state index in [0.29, 0.717) is 0 Å². The molecule has 0 aromatic carbocycles. The van der Waals surface area contributed by atoms with Crippen LogP contribution in [0.5, 0.6) is 0 Å². The first-order chi connectivity index (χ1) is 9.72. The van der Waals surface area contributed by atoms with E-state index in [1.165, 1.54) is 16.8 Å². The Kier molecular flexibility index (Phi) is 5.05. The molecule has 106 valence electrons. The number of nitrogens with zero attached hydrogens (tertiary/aromatic N) is 1. The van der Waals surface area contributed by atoms with Gasteiger partial charge in [-0.25, -0.2) is 0 Å². The molecule has 0 aromatic heterocycles. The van der Waals surface area contributed by atoms with Gasteiger partial charge in [-0.3, -0.25) is 0 Å². The van der Waals surface area contributed by atoms with Crippen LogP contribution in [0.2, 0.25) is 0 Å². The standard InChI is InChI=1S/C18H24N2/c1-4-5-9-15(2)12-13-18-19-14-17(20(18)3)16-10-7-6-8-11-16/h4-7,9-10,12-14,18-19H,8,11H2,1-3H3/b5-4-,13-12+,15-9+. The molecular formula is C18H24N2. The lowest BCUT2D eigenvalue weighted by molar-refractivity contribution is 0.368. The maximum absolute atomic E-state index is 3.43. The predicted octanol–water partition coefficient (Wildman–Crippen LogP) is 4.04. The smallest absolute Gasteiger partial charge is 0.118 e. The van der Waals surface area contributed by atoms with Crippen molar-refractivity contribution < 1.29 is 0 Å². The van der Waals surface area contributed by atoms with Crippen LogP contribution in [0.3, 0.4) is 0 Å². The average Bonchev–Trinajstić information content (AvgIpc) is 2.85. The van der Waals surface area contributed by atoms with Crippen molar-refractivity contribution >= 4 is 0 Å². The molecule has 2 rings (SSSR count). The molecule has 1 aliphatic heterocycles. The third kappa shape index (κ3) is 3.53. The van der Waals surface area contributed by atoms with Gasteiger partial charge in [0.1, 0.15) is 6.17 Å². The van der Waals surface area contributed by atoms with Crippen LogP contribution in [-0.4, -0.2) is 18.1 Å². The third-order valence-corrected chi connectivity index (χ3v) is 3.62. The van der Waals surface area contributed by atoms with Gasteiger partial charge in [0.05, 0.1) is 5.70 Å². The summed E-state index contributed by atoms with van der Waals surface area (Å²) in [6.07, 6.45) is 21.8. The second-order valence-electron chi connectivity index (χ2n) is 5.21. The zero-order valence-electron chi connectivity index (χ0n) is 12.6. The van der Waals surface area contributed by atoms with Gasteiger partial charge < -0.3 is 10.2 Å². The van der Waals surface area contributed by atoms with Gasteiger partial charge in [-0.15, -0.1) is 0 Å². The molecule has 1 N–H and O–H groups in total. The highest BCUT2D eigenvalue weighted by Crippen LogP contribution is 2.26. The molecule has 0 aromatic rings. The Morgan fingerprint density at radius 2 is 2.30 bits per heavy atom. The first kappa shape index (κ1) is 14.4. The molecule has 2 heteroatoms. The Hall–Kier alpha value is -1.96. The monoisotopic (exact) mass is 268 g/mol. The summed E-state index contributed by atoms with van der Waals surface area (Å²) in [6.45, 7) is 4.15. The fourth-order valence-electron chi connectivity index (χ4n) is 2.39. The van der Waals surface area contributed by atoms with Gasteiger partial charge in [0, 0.05) is 13.2 Å². The summed E-state index contributed by atoms with van der Waals surface area (Å²) < 4.78 is 0. The Morgan fingerprint density at radius 3 is 3.00 bits per heavy atom. The van der Waals surface area contributed by atoms with Gasteiger partial charge in [0.2, 0.25) is 0 Å². The molecule has 20 heavy (non-hydrogen) atoms.